The Labute approximate surface area is 252 Å². The van der Waals surface area contributed by atoms with Crippen LogP contribution in [0, 0.1) is 17.8 Å². The summed E-state index contributed by atoms with van der Waals surface area (Å²) in [5, 5.41) is 12.2. The fourth-order valence-corrected chi connectivity index (χ4v) is 9.04. The monoisotopic (exact) mass is 598 g/mol. The van der Waals surface area contributed by atoms with Crippen molar-refractivity contribution < 1.29 is 19.4 Å². The number of halogens is 2. The number of carbonyl (C=O) groups is 1. The Morgan fingerprint density at radius 1 is 1.20 bits per heavy atom. The van der Waals surface area contributed by atoms with E-state index in [9.17, 15) is 9.90 Å². The number of hydrogen-bond donors (Lipinski definition) is 1. The van der Waals surface area contributed by atoms with Gasteiger partial charge in [-0.15, -0.1) is 0 Å². The number of nitrogens with zero attached hydrogens (tertiary/aromatic N) is 2. The van der Waals surface area contributed by atoms with Crippen LogP contribution in [0.15, 0.2) is 24.3 Å². The molecule has 0 unspecified atom stereocenters. The number of hydrogen-bond acceptors (Lipinski definition) is 5. The summed E-state index contributed by atoms with van der Waals surface area (Å²) in [4.78, 5) is 18.9. The van der Waals surface area contributed by atoms with Crippen LogP contribution < -0.4 is 9.47 Å². The topological polar surface area (TPSA) is 62.2 Å². The second-order valence-electron chi connectivity index (χ2n) is 13.4. The second kappa shape index (κ2) is 10.2. The molecule has 8 heteroatoms. The summed E-state index contributed by atoms with van der Waals surface area (Å²) in [6, 6.07) is 7.51. The van der Waals surface area contributed by atoms with Crippen molar-refractivity contribution in [1.82, 2.24) is 9.80 Å². The van der Waals surface area contributed by atoms with Crippen molar-refractivity contribution >= 4 is 29.1 Å². The first kappa shape index (κ1) is 27.7. The molecule has 0 radical (unpaired) electrons. The molecule has 1 amide bonds. The normalized spacial score (nSPS) is 29.7. The Morgan fingerprint density at radius 3 is 2.71 bits per heavy atom. The molecule has 1 N–H and O–H groups in total. The molecule has 5 atom stereocenters. The van der Waals surface area contributed by atoms with Crippen LogP contribution in [0.4, 0.5) is 0 Å². The van der Waals surface area contributed by atoms with E-state index in [2.05, 4.69) is 23.6 Å². The fourth-order valence-electron chi connectivity index (χ4n) is 8.72. The van der Waals surface area contributed by atoms with E-state index in [1.807, 2.05) is 6.07 Å². The van der Waals surface area contributed by atoms with Crippen molar-refractivity contribution in [3.05, 3.63) is 51.0 Å². The number of carbonyl (C=O) groups excluding carboxylic acids is 1. The number of methoxy groups -OCH3 is 1. The Bertz CT molecular complexity index is 1380. The lowest BCUT2D eigenvalue weighted by Crippen LogP contribution is -2.69. The number of likely N-dealkylation sites (tertiary alicyclic amines) is 1. The molecule has 3 fully saturated rings. The Balaban J connectivity index is 1.28. The van der Waals surface area contributed by atoms with Crippen molar-refractivity contribution in [3.63, 3.8) is 0 Å². The Morgan fingerprint density at radius 2 is 2.00 bits per heavy atom. The smallest absolute Gasteiger partial charge is 0.227 e. The summed E-state index contributed by atoms with van der Waals surface area (Å²) in [5.41, 5.74) is 2.82. The minimum atomic E-state index is -0.234. The van der Waals surface area contributed by atoms with Gasteiger partial charge < -0.3 is 19.5 Å². The number of ether oxygens (including phenoxy) is 2. The molecule has 1 spiro atoms. The van der Waals surface area contributed by atoms with Gasteiger partial charge in [-0.1, -0.05) is 43.1 Å². The van der Waals surface area contributed by atoms with Crippen LogP contribution in [-0.4, -0.2) is 65.7 Å². The molecule has 2 saturated carbocycles. The maximum atomic E-state index is 14.1. The quantitative estimate of drug-likeness (QED) is 0.389. The average Bonchev–Trinajstić information content (AvgIpc) is 3.69. The van der Waals surface area contributed by atoms with Crippen LogP contribution in [-0.2, 0) is 23.1 Å². The van der Waals surface area contributed by atoms with Crippen LogP contribution in [0.3, 0.4) is 0 Å². The number of aromatic hydroxyl groups is 1. The summed E-state index contributed by atoms with van der Waals surface area (Å²) >= 11 is 12.5. The zero-order valence-corrected chi connectivity index (χ0v) is 25.7. The summed E-state index contributed by atoms with van der Waals surface area (Å²) in [6.07, 6.45) is 6.54. The predicted octanol–water partition coefficient (Wildman–Crippen LogP) is 6.25. The van der Waals surface area contributed by atoms with E-state index in [1.165, 1.54) is 12.8 Å². The van der Waals surface area contributed by atoms with Gasteiger partial charge >= 0.3 is 0 Å². The lowest BCUT2D eigenvalue weighted by molar-refractivity contribution is -0.143. The van der Waals surface area contributed by atoms with Gasteiger partial charge in [-0.2, -0.15) is 0 Å². The lowest BCUT2D eigenvalue weighted by atomic mass is 9.50. The first-order valence-electron chi connectivity index (χ1n) is 15.3. The summed E-state index contributed by atoms with van der Waals surface area (Å²) in [7, 11) is 1.64. The minimum Gasteiger partial charge on any atom is -0.508 e. The van der Waals surface area contributed by atoms with Crippen LogP contribution >= 0.6 is 23.2 Å². The number of piperidine rings is 1. The molecular formula is C33H40Cl2N2O4. The molecule has 2 bridgehead atoms. The maximum absolute atomic E-state index is 14.1. The van der Waals surface area contributed by atoms with Crippen molar-refractivity contribution in [2.24, 2.45) is 17.8 Å². The van der Waals surface area contributed by atoms with Gasteiger partial charge in [0.25, 0.3) is 0 Å². The van der Waals surface area contributed by atoms with Crippen molar-refractivity contribution in [3.8, 4) is 17.2 Å². The third-order valence-corrected chi connectivity index (χ3v) is 11.3. The molecule has 220 valence electrons. The van der Waals surface area contributed by atoms with E-state index in [0.717, 1.165) is 67.1 Å². The first-order valence-corrected chi connectivity index (χ1v) is 16.0. The molecule has 6 nitrogen and oxygen atoms in total. The minimum absolute atomic E-state index is 0.0650. The van der Waals surface area contributed by atoms with Gasteiger partial charge in [0.05, 0.1) is 29.6 Å². The SMILES string of the molecule is COc1cc(O)c2c3c1O[C@H]1[C@H](N(CC(C)C)C(=O)Cc4ccc(Cl)c(Cl)c4)CC[C@H]4[C@@H](C2)N(CC2CC2)CC[C@@]341. The number of rotatable bonds is 8. The molecule has 1 saturated heterocycles. The average molecular weight is 600 g/mol. The van der Waals surface area contributed by atoms with Crippen LogP contribution in [0.5, 0.6) is 17.2 Å². The van der Waals surface area contributed by atoms with Crippen LogP contribution in [0.25, 0.3) is 0 Å². The van der Waals surface area contributed by atoms with Crippen molar-refractivity contribution in [2.45, 2.75) is 82.4 Å². The Kier molecular flexibility index (Phi) is 6.91. The van der Waals surface area contributed by atoms with Gasteiger partial charge in [0, 0.05) is 41.7 Å². The number of benzene rings is 2. The van der Waals surface area contributed by atoms with E-state index in [0.29, 0.717) is 46.0 Å². The molecule has 2 aromatic rings. The standard InChI is InChI=1S/C33H40Cl2N2O4/c1-18(2)16-37(29(39)13-20-6-8-23(34)24(35)12-20)25-9-7-22-26-14-21-27(38)15-28(40-3)31-30(21)33(22,32(25)41-31)10-11-36(26)17-19-4-5-19/h6,8,12,15,18-19,22,25-26,32,38H,4-5,7,9-11,13-14,16-17H2,1-3H3/t22-,25+,26+,32-,33-/m0/s1. The number of amides is 1. The van der Waals surface area contributed by atoms with E-state index in [1.54, 1.807) is 25.3 Å². The van der Waals surface area contributed by atoms with Crippen LogP contribution in [0.1, 0.15) is 62.6 Å². The van der Waals surface area contributed by atoms with Gasteiger partial charge in [0.1, 0.15) is 11.9 Å². The molecule has 2 aromatic carbocycles. The van der Waals surface area contributed by atoms with Crippen molar-refractivity contribution in [1.29, 1.82) is 0 Å². The molecule has 5 aliphatic rings. The zero-order valence-electron chi connectivity index (χ0n) is 24.2. The highest BCUT2D eigenvalue weighted by Crippen LogP contribution is 2.66. The summed E-state index contributed by atoms with van der Waals surface area (Å²) in [6.45, 7) is 7.18. The van der Waals surface area contributed by atoms with E-state index < -0.39 is 0 Å². The van der Waals surface area contributed by atoms with E-state index in [4.69, 9.17) is 32.7 Å². The molecule has 2 heterocycles. The molecule has 2 aliphatic heterocycles. The zero-order chi connectivity index (χ0) is 28.6. The number of phenolic OH excluding ortho intramolecular Hbond substituents is 1. The molecule has 3 aliphatic carbocycles. The Hall–Kier alpha value is -2.15. The molecule has 41 heavy (non-hydrogen) atoms. The first-order chi connectivity index (χ1) is 19.7. The highest BCUT2D eigenvalue weighted by Gasteiger charge is 2.67. The molecular weight excluding hydrogens is 559 g/mol. The van der Waals surface area contributed by atoms with Gasteiger partial charge in [-0.05, 0) is 80.5 Å². The highest BCUT2D eigenvalue weighted by atomic mass is 35.5. The lowest BCUT2D eigenvalue weighted by Gasteiger charge is -2.60. The highest BCUT2D eigenvalue weighted by molar-refractivity contribution is 6.42. The molecule has 7 rings (SSSR count). The van der Waals surface area contributed by atoms with Crippen molar-refractivity contribution in [2.75, 3.05) is 26.7 Å². The molecule has 0 aromatic heterocycles. The van der Waals surface area contributed by atoms with Gasteiger partial charge in [0.2, 0.25) is 5.91 Å². The third-order valence-electron chi connectivity index (χ3n) is 10.5. The summed E-state index contributed by atoms with van der Waals surface area (Å²) in [5.74, 6) is 3.35. The van der Waals surface area contributed by atoms with Gasteiger partial charge in [0.15, 0.2) is 11.5 Å². The fraction of sp³-hybridized carbons (Fsp3) is 0.606. The van der Waals surface area contributed by atoms with Gasteiger partial charge in [-0.25, -0.2) is 0 Å². The second-order valence-corrected chi connectivity index (χ2v) is 14.3. The number of phenols is 1. The van der Waals surface area contributed by atoms with E-state index >= 15 is 0 Å². The predicted molar refractivity (Wildman–Crippen MR) is 160 cm³/mol. The third kappa shape index (κ3) is 4.42. The van der Waals surface area contributed by atoms with E-state index in [-0.39, 0.29) is 29.9 Å². The van der Waals surface area contributed by atoms with Crippen LogP contribution in [0.2, 0.25) is 10.0 Å². The van der Waals surface area contributed by atoms with Gasteiger partial charge in [-0.3, -0.25) is 9.69 Å². The largest absolute Gasteiger partial charge is 0.508 e. The maximum Gasteiger partial charge on any atom is 0.227 e. The summed E-state index contributed by atoms with van der Waals surface area (Å²) < 4.78 is 12.8.